The van der Waals surface area contributed by atoms with Gasteiger partial charge in [0.2, 0.25) is 11.8 Å². The van der Waals surface area contributed by atoms with Gasteiger partial charge in [-0.05, 0) is 12.8 Å². The van der Waals surface area contributed by atoms with E-state index in [9.17, 15) is 9.59 Å². The van der Waals surface area contributed by atoms with Crippen LogP contribution in [0.3, 0.4) is 0 Å². The van der Waals surface area contributed by atoms with E-state index < -0.39 is 5.97 Å². The van der Waals surface area contributed by atoms with Crippen LogP contribution in [0.5, 0.6) is 11.8 Å². The highest BCUT2D eigenvalue weighted by Crippen LogP contribution is 2.22. The van der Waals surface area contributed by atoms with Gasteiger partial charge in [0.15, 0.2) is 5.56 Å². The van der Waals surface area contributed by atoms with Gasteiger partial charge in [-0.2, -0.15) is 0 Å². The molecule has 0 fully saturated rings. The quantitative estimate of drug-likeness (QED) is 0.626. The monoisotopic (exact) mass is 311 g/mol. The molecule has 0 radical (unpaired) electrons. The first-order valence-corrected chi connectivity index (χ1v) is 7.03. The fourth-order valence-corrected chi connectivity index (χ4v) is 1.90. The lowest BCUT2D eigenvalue weighted by molar-refractivity contribution is -0.137. The van der Waals surface area contributed by atoms with E-state index in [1.54, 1.807) is 0 Å². The molecular formula is C14H21N3O5. The van der Waals surface area contributed by atoms with Crippen molar-refractivity contribution in [1.29, 1.82) is 0 Å². The van der Waals surface area contributed by atoms with Crippen molar-refractivity contribution < 1.29 is 24.2 Å². The molecule has 8 heteroatoms. The van der Waals surface area contributed by atoms with Crippen LogP contribution < -0.4 is 14.8 Å². The zero-order valence-corrected chi connectivity index (χ0v) is 12.8. The van der Waals surface area contributed by atoms with Gasteiger partial charge in [0.1, 0.15) is 6.33 Å². The number of methoxy groups -OCH3 is 2. The number of nitrogens with one attached hydrogen (secondary N) is 1. The Hall–Kier alpha value is -2.38. The molecule has 1 heterocycles. The summed E-state index contributed by atoms with van der Waals surface area (Å²) in [6.45, 7) is 0.479. The van der Waals surface area contributed by atoms with E-state index in [2.05, 4.69) is 15.3 Å². The molecular weight excluding hydrogens is 290 g/mol. The van der Waals surface area contributed by atoms with Crippen molar-refractivity contribution in [2.24, 2.45) is 0 Å². The molecule has 0 aromatic carbocycles. The molecule has 0 bridgehead atoms. The Morgan fingerprint density at radius 3 is 2.23 bits per heavy atom. The fourth-order valence-electron chi connectivity index (χ4n) is 1.90. The van der Waals surface area contributed by atoms with Crippen molar-refractivity contribution in [3.8, 4) is 11.8 Å². The second-order valence-electron chi connectivity index (χ2n) is 4.58. The highest BCUT2D eigenvalue weighted by atomic mass is 16.5. The lowest BCUT2D eigenvalue weighted by Gasteiger charge is -2.10. The molecule has 0 aliphatic heterocycles. The Morgan fingerprint density at radius 2 is 1.68 bits per heavy atom. The number of carboxylic acids is 1. The Kier molecular flexibility index (Phi) is 7.66. The molecule has 1 rings (SSSR count). The van der Waals surface area contributed by atoms with Crippen LogP contribution in [-0.2, 0) is 4.79 Å². The Bertz CT molecular complexity index is 485. The van der Waals surface area contributed by atoms with Gasteiger partial charge in [0, 0.05) is 13.0 Å². The smallest absolute Gasteiger partial charge is 0.303 e. The van der Waals surface area contributed by atoms with Crippen LogP contribution in [0, 0.1) is 0 Å². The fraction of sp³-hybridized carbons (Fsp3) is 0.571. The standard InChI is InChI=1S/C14H21N3O5/c1-21-13-11(14(22-2)17-9-16-13)12(20)15-8-6-4-3-5-7-10(18)19/h9H,3-8H2,1-2H3,(H,15,20)(H,18,19). The number of hydrogen-bond donors (Lipinski definition) is 2. The molecule has 2 N–H and O–H groups in total. The van der Waals surface area contributed by atoms with Crippen LogP contribution in [0.2, 0.25) is 0 Å². The summed E-state index contributed by atoms with van der Waals surface area (Å²) in [5, 5.41) is 11.3. The number of ether oxygens (including phenoxy) is 2. The van der Waals surface area contributed by atoms with Crippen LogP contribution in [0.25, 0.3) is 0 Å². The van der Waals surface area contributed by atoms with Gasteiger partial charge in [-0.3, -0.25) is 9.59 Å². The van der Waals surface area contributed by atoms with Crippen molar-refractivity contribution in [1.82, 2.24) is 15.3 Å². The summed E-state index contributed by atoms with van der Waals surface area (Å²) in [4.78, 5) is 30.3. The van der Waals surface area contributed by atoms with Crippen molar-refractivity contribution in [3.05, 3.63) is 11.9 Å². The predicted octanol–water partition coefficient (Wildman–Crippen LogP) is 1.26. The van der Waals surface area contributed by atoms with Gasteiger partial charge < -0.3 is 19.9 Å². The Balaban J connectivity index is 2.41. The lowest BCUT2D eigenvalue weighted by atomic mass is 10.1. The third-order valence-electron chi connectivity index (χ3n) is 2.99. The summed E-state index contributed by atoms with van der Waals surface area (Å²) in [5.41, 5.74) is 0.165. The maximum absolute atomic E-state index is 12.2. The average molecular weight is 311 g/mol. The number of aromatic nitrogens is 2. The minimum Gasteiger partial charge on any atom is -0.481 e. The number of unbranched alkanes of at least 4 members (excludes halogenated alkanes) is 3. The van der Waals surface area contributed by atoms with E-state index in [0.717, 1.165) is 19.3 Å². The number of carboxylic acid groups (broad SMARTS) is 1. The van der Waals surface area contributed by atoms with Crippen LogP contribution in [0.4, 0.5) is 0 Å². The number of carbonyl (C=O) groups excluding carboxylic acids is 1. The topological polar surface area (TPSA) is 111 Å². The molecule has 1 aromatic heterocycles. The average Bonchev–Trinajstić information content (AvgIpc) is 2.52. The Labute approximate surface area is 128 Å². The molecule has 1 amide bonds. The number of rotatable bonds is 10. The van der Waals surface area contributed by atoms with E-state index in [1.807, 2.05) is 0 Å². The van der Waals surface area contributed by atoms with Crippen molar-refractivity contribution in [2.75, 3.05) is 20.8 Å². The van der Waals surface area contributed by atoms with E-state index in [4.69, 9.17) is 14.6 Å². The highest BCUT2D eigenvalue weighted by molar-refractivity contribution is 5.98. The van der Waals surface area contributed by atoms with E-state index >= 15 is 0 Å². The van der Waals surface area contributed by atoms with Crippen molar-refractivity contribution >= 4 is 11.9 Å². The van der Waals surface area contributed by atoms with Crippen LogP contribution in [-0.4, -0.2) is 47.7 Å². The first-order valence-electron chi connectivity index (χ1n) is 7.03. The maximum atomic E-state index is 12.2. The highest BCUT2D eigenvalue weighted by Gasteiger charge is 2.20. The molecule has 122 valence electrons. The lowest BCUT2D eigenvalue weighted by Crippen LogP contribution is -2.26. The number of carbonyl (C=O) groups is 2. The molecule has 0 aliphatic rings. The third kappa shape index (κ3) is 5.55. The summed E-state index contributed by atoms with van der Waals surface area (Å²) in [5.74, 6) is -0.826. The summed E-state index contributed by atoms with van der Waals surface area (Å²) in [6, 6.07) is 0. The number of nitrogens with zero attached hydrogens (tertiary/aromatic N) is 2. The molecule has 1 aromatic rings. The third-order valence-corrected chi connectivity index (χ3v) is 2.99. The van der Waals surface area contributed by atoms with Gasteiger partial charge in [-0.25, -0.2) is 9.97 Å². The van der Waals surface area contributed by atoms with E-state index in [1.165, 1.54) is 20.5 Å². The molecule has 0 saturated carbocycles. The van der Waals surface area contributed by atoms with Gasteiger partial charge in [0.25, 0.3) is 5.91 Å². The number of hydrogen-bond acceptors (Lipinski definition) is 6. The SMILES string of the molecule is COc1ncnc(OC)c1C(=O)NCCCCCCC(=O)O. The molecule has 0 aliphatic carbocycles. The predicted molar refractivity (Wildman–Crippen MR) is 78.2 cm³/mol. The van der Waals surface area contributed by atoms with E-state index in [0.29, 0.717) is 13.0 Å². The summed E-state index contributed by atoms with van der Waals surface area (Å²) in [7, 11) is 2.84. The zero-order valence-electron chi connectivity index (χ0n) is 12.8. The maximum Gasteiger partial charge on any atom is 0.303 e. The van der Waals surface area contributed by atoms with Crippen molar-refractivity contribution in [2.45, 2.75) is 32.1 Å². The van der Waals surface area contributed by atoms with Gasteiger partial charge in [-0.1, -0.05) is 12.8 Å². The summed E-state index contributed by atoms with van der Waals surface area (Å²) in [6.07, 6.45) is 4.54. The summed E-state index contributed by atoms with van der Waals surface area (Å²) < 4.78 is 10.1. The second kappa shape index (κ2) is 9.54. The second-order valence-corrected chi connectivity index (χ2v) is 4.58. The first-order chi connectivity index (χ1) is 10.6. The molecule has 0 atom stereocenters. The van der Waals surface area contributed by atoms with Crippen LogP contribution in [0.15, 0.2) is 6.33 Å². The molecule has 0 unspecified atom stereocenters. The summed E-state index contributed by atoms with van der Waals surface area (Å²) >= 11 is 0. The number of amides is 1. The minimum absolute atomic E-state index is 0.158. The normalized spacial score (nSPS) is 10.1. The largest absolute Gasteiger partial charge is 0.481 e. The van der Waals surface area contributed by atoms with Crippen LogP contribution in [0.1, 0.15) is 42.5 Å². The van der Waals surface area contributed by atoms with Gasteiger partial charge >= 0.3 is 5.97 Å². The molecule has 22 heavy (non-hydrogen) atoms. The molecule has 8 nitrogen and oxygen atoms in total. The number of aliphatic carboxylic acids is 1. The van der Waals surface area contributed by atoms with Gasteiger partial charge in [-0.15, -0.1) is 0 Å². The van der Waals surface area contributed by atoms with Gasteiger partial charge in [0.05, 0.1) is 14.2 Å². The van der Waals surface area contributed by atoms with Crippen molar-refractivity contribution in [3.63, 3.8) is 0 Å². The first kappa shape index (κ1) is 17.7. The zero-order chi connectivity index (χ0) is 16.4. The molecule has 0 saturated heterocycles. The van der Waals surface area contributed by atoms with E-state index in [-0.39, 0.29) is 29.7 Å². The minimum atomic E-state index is -0.781. The molecule has 0 spiro atoms. The Morgan fingerprint density at radius 1 is 1.09 bits per heavy atom. The van der Waals surface area contributed by atoms with Crippen LogP contribution >= 0.6 is 0 Å².